The summed E-state index contributed by atoms with van der Waals surface area (Å²) < 4.78 is 41.3. The highest BCUT2D eigenvalue weighted by atomic mass is 19.3. The summed E-state index contributed by atoms with van der Waals surface area (Å²) in [5, 5.41) is 2.55. The molecule has 3 aromatic rings. The molecule has 3 rings (SSSR count). The Balaban J connectivity index is 1.66. The lowest BCUT2D eigenvalue weighted by molar-refractivity contribution is -0.111. The molecular formula is C29H31F2NO4. The zero-order valence-corrected chi connectivity index (χ0v) is 20.9. The predicted octanol–water partition coefficient (Wildman–Crippen LogP) is 7.22. The first-order valence-electron chi connectivity index (χ1n) is 11.7. The molecular weight excluding hydrogens is 464 g/mol. The number of carbonyl (C=O) groups excluding carboxylic acids is 1. The van der Waals surface area contributed by atoms with Gasteiger partial charge in [0, 0.05) is 6.08 Å². The normalized spacial score (nSPS) is 11.5. The molecule has 0 radical (unpaired) electrons. The van der Waals surface area contributed by atoms with Gasteiger partial charge in [0.25, 0.3) is 0 Å². The fraction of sp³-hybridized carbons (Fsp3) is 0.276. The van der Waals surface area contributed by atoms with Crippen molar-refractivity contribution in [3.63, 3.8) is 0 Å². The molecule has 190 valence electrons. The largest absolute Gasteiger partial charge is 0.490 e. The van der Waals surface area contributed by atoms with Crippen LogP contribution in [0.2, 0.25) is 0 Å². The summed E-state index contributed by atoms with van der Waals surface area (Å²) in [6, 6.07) is 19.7. The monoisotopic (exact) mass is 495 g/mol. The van der Waals surface area contributed by atoms with Gasteiger partial charge in [-0.15, -0.1) is 0 Å². The molecule has 0 saturated carbocycles. The third-order valence-electron chi connectivity index (χ3n) is 5.27. The predicted molar refractivity (Wildman–Crippen MR) is 138 cm³/mol. The van der Waals surface area contributed by atoms with Crippen molar-refractivity contribution < 1.29 is 27.8 Å². The number of para-hydroxylation sites is 2. The molecule has 0 aromatic heterocycles. The molecule has 5 nitrogen and oxygen atoms in total. The first kappa shape index (κ1) is 26.7. The van der Waals surface area contributed by atoms with Crippen molar-refractivity contribution in [2.24, 2.45) is 0 Å². The lowest BCUT2D eigenvalue weighted by Crippen LogP contribution is -2.11. The third kappa shape index (κ3) is 7.83. The van der Waals surface area contributed by atoms with Crippen molar-refractivity contribution in [3.8, 4) is 17.2 Å². The van der Waals surface area contributed by atoms with Crippen molar-refractivity contribution in [2.45, 2.75) is 46.3 Å². The minimum Gasteiger partial charge on any atom is -0.490 e. The van der Waals surface area contributed by atoms with E-state index in [4.69, 9.17) is 9.47 Å². The molecule has 7 heteroatoms. The Bertz CT molecular complexity index is 1180. The summed E-state index contributed by atoms with van der Waals surface area (Å²) >= 11 is 0. The van der Waals surface area contributed by atoms with Crippen molar-refractivity contribution in [2.75, 3.05) is 11.9 Å². The highest BCUT2D eigenvalue weighted by Crippen LogP contribution is 2.30. The SMILES string of the molecule is CCOc1cc(/C=C/C(=O)Nc2ccccc2OC(F)F)ccc1OCc1ccc(C(C)(C)C)cc1. The average Bonchev–Trinajstić information content (AvgIpc) is 2.83. The summed E-state index contributed by atoms with van der Waals surface area (Å²) in [6.45, 7) is 6.25. The Labute approximate surface area is 210 Å². The number of rotatable bonds is 10. The van der Waals surface area contributed by atoms with Gasteiger partial charge in [0.2, 0.25) is 5.91 Å². The fourth-order valence-electron chi connectivity index (χ4n) is 3.39. The molecule has 0 unspecified atom stereocenters. The third-order valence-corrected chi connectivity index (χ3v) is 5.27. The summed E-state index contributed by atoms with van der Waals surface area (Å²) in [4.78, 5) is 12.3. The van der Waals surface area contributed by atoms with Crippen LogP contribution in [0.25, 0.3) is 6.08 Å². The molecule has 0 fully saturated rings. The molecule has 0 bridgehead atoms. The minimum atomic E-state index is -2.99. The number of amides is 1. The van der Waals surface area contributed by atoms with Crippen LogP contribution in [-0.4, -0.2) is 19.1 Å². The van der Waals surface area contributed by atoms with Crippen LogP contribution in [0.3, 0.4) is 0 Å². The van der Waals surface area contributed by atoms with E-state index in [1.54, 1.807) is 36.4 Å². The topological polar surface area (TPSA) is 56.8 Å². The van der Waals surface area contributed by atoms with E-state index in [2.05, 4.69) is 55.1 Å². The second kappa shape index (κ2) is 12.2. The average molecular weight is 496 g/mol. The van der Waals surface area contributed by atoms with E-state index >= 15 is 0 Å². The number of anilines is 1. The Morgan fingerprint density at radius 3 is 2.33 bits per heavy atom. The van der Waals surface area contributed by atoms with E-state index in [1.807, 2.05) is 6.92 Å². The van der Waals surface area contributed by atoms with E-state index in [9.17, 15) is 13.6 Å². The van der Waals surface area contributed by atoms with E-state index in [0.29, 0.717) is 30.3 Å². The lowest BCUT2D eigenvalue weighted by atomic mass is 9.87. The van der Waals surface area contributed by atoms with Gasteiger partial charge < -0.3 is 19.5 Å². The van der Waals surface area contributed by atoms with Gasteiger partial charge in [-0.1, -0.05) is 63.2 Å². The number of alkyl halides is 2. The van der Waals surface area contributed by atoms with Crippen LogP contribution in [-0.2, 0) is 16.8 Å². The minimum absolute atomic E-state index is 0.0881. The highest BCUT2D eigenvalue weighted by Gasteiger charge is 2.14. The van der Waals surface area contributed by atoms with Gasteiger partial charge in [0.05, 0.1) is 12.3 Å². The maximum Gasteiger partial charge on any atom is 0.387 e. The molecule has 0 aliphatic heterocycles. The number of ether oxygens (including phenoxy) is 3. The molecule has 0 spiro atoms. The van der Waals surface area contributed by atoms with Crippen LogP contribution in [0.5, 0.6) is 17.2 Å². The Morgan fingerprint density at radius 2 is 1.67 bits per heavy atom. The van der Waals surface area contributed by atoms with Gasteiger partial charge in [-0.2, -0.15) is 8.78 Å². The van der Waals surface area contributed by atoms with Crippen LogP contribution in [0.4, 0.5) is 14.5 Å². The van der Waals surface area contributed by atoms with E-state index in [0.717, 1.165) is 5.56 Å². The molecule has 3 aromatic carbocycles. The fourth-order valence-corrected chi connectivity index (χ4v) is 3.39. The molecule has 0 atom stereocenters. The van der Waals surface area contributed by atoms with Crippen molar-refractivity contribution in [1.82, 2.24) is 0 Å². The lowest BCUT2D eigenvalue weighted by Gasteiger charge is -2.19. The van der Waals surface area contributed by atoms with Crippen molar-refractivity contribution in [1.29, 1.82) is 0 Å². The van der Waals surface area contributed by atoms with Crippen LogP contribution in [0, 0.1) is 0 Å². The van der Waals surface area contributed by atoms with Crippen LogP contribution < -0.4 is 19.5 Å². The number of hydrogen-bond donors (Lipinski definition) is 1. The standard InChI is InChI=1S/C29H31F2NO4/c1-5-34-26-18-20(13-17-27(33)32-23-8-6-7-9-24(23)36-28(30)31)12-16-25(26)35-19-21-10-14-22(15-11-21)29(2,3)4/h6-18,28H,5,19H2,1-4H3,(H,32,33)/b17-13+. The maximum atomic E-state index is 12.6. The number of halogens is 2. The summed E-state index contributed by atoms with van der Waals surface area (Å²) in [5.74, 6) is 0.554. The number of hydrogen-bond acceptors (Lipinski definition) is 4. The van der Waals surface area contributed by atoms with Gasteiger partial charge in [-0.3, -0.25) is 4.79 Å². The molecule has 1 N–H and O–H groups in total. The molecule has 36 heavy (non-hydrogen) atoms. The van der Waals surface area contributed by atoms with E-state index < -0.39 is 12.5 Å². The van der Waals surface area contributed by atoms with Crippen LogP contribution >= 0.6 is 0 Å². The quantitative estimate of drug-likeness (QED) is 0.302. The Kier molecular flexibility index (Phi) is 9.06. The summed E-state index contributed by atoms with van der Waals surface area (Å²) in [6.07, 6.45) is 2.91. The van der Waals surface area contributed by atoms with Gasteiger partial charge in [-0.25, -0.2) is 0 Å². The molecule has 0 aliphatic carbocycles. The first-order chi connectivity index (χ1) is 17.2. The van der Waals surface area contributed by atoms with Crippen LogP contribution in [0.1, 0.15) is 44.4 Å². The summed E-state index contributed by atoms with van der Waals surface area (Å²) in [5.41, 5.74) is 3.26. The zero-order valence-electron chi connectivity index (χ0n) is 20.9. The second-order valence-corrected chi connectivity index (χ2v) is 9.07. The number of carbonyl (C=O) groups is 1. The van der Waals surface area contributed by atoms with Gasteiger partial charge in [0.15, 0.2) is 11.5 Å². The Hall–Kier alpha value is -3.87. The van der Waals surface area contributed by atoms with Gasteiger partial charge in [0.1, 0.15) is 12.4 Å². The molecule has 0 heterocycles. The molecule has 1 amide bonds. The van der Waals surface area contributed by atoms with Gasteiger partial charge in [-0.05, 0) is 59.4 Å². The number of benzene rings is 3. The van der Waals surface area contributed by atoms with E-state index in [1.165, 1.54) is 23.8 Å². The van der Waals surface area contributed by atoms with Crippen LogP contribution in [0.15, 0.2) is 72.8 Å². The smallest absolute Gasteiger partial charge is 0.387 e. The molecule has 0 saturated heterocycles. The first-order valence-corrected chi connectivity index (χ1v) is 11.7. The molecule has 0 aliphatic rings. The van der Waals surface area contributed by atoms with E-state index in [-0.39, 0.29) is 16.9 Å². The second-order valence-electron chi connectivity index (χ2n) is 9.07. The van der Waals surface area contributed by atoms with Crippen molar-refractivity contribution in [3.05, 3.63) is 89.5 Å². The zero-order chi connectivity index (χ0) is 26.1. The van der Waals surface area contributed by atoms with Crippen molar-refractivity contribution >= 4 is 17.7 Å². The summed E-state index contributed by atoms with van der Waals surface area (Å²) in [7, 11) is 0. The van der Waals surface area contributed by atoms with Gasteiger partial charge >= 0.3 is 6.61 Å². The highest BCUT2D eigenvalue weighted by molar-refractivity contribution is 6.02. The number of nitrogens with one attached hydrogen (secondary N) is 1. The Morgan fingerprint density at radius 1 is 0.944 bits per heavy atom. The maximum absolute atomic E-state index is 12.6.